The number of hydrogen-bond acceptors (Lipinski definition) is 4. The van der Waals surface area contributed by atoms with Gasteiger partial charge in [-0.2, -0.15) is 0 Å². The van der Waals surface area contributed by atoms with E-state index in [9.17, 15) is 13.2 Å². The number of hydrogen-bond donors (Lipinski definition) is 1. The highest BCUT2D eigenvalue weighted by Crippen LogP contribution is 2.35. The molecule has 0 unspecified atom stereocenters. The first-order chi connectivity index (χ1) is 14.6. The molecule has 6 nitrogen and oxygen atoms in total. The Balaban J connectivity index is 1.61. The fraction of sp³-hybridized carbons (Fsp3) is 0.0952. The third kappa shape index (κ3) is 4.45. The van der Waals surface area contributed by atoms with Crippen molar-refractivity contribution in [1.82, 2.24) is 0 Å². The van der Waals surface area contributed by atoms with Gasteiger partial charge in [0.25, 0.3) is 0 Å². The smallest absolute Gasteiger partial charge is 0.245 e. The zero-order valence-corrected chi connectivity index (χ0v) is 19.1. The summed E-state index contributed by atoms with van der Waals surface area (Å²) in [6.07, 6.45) is 0.972. The summed E-state index contributed by atoms with van der Waals surface area (Å²) in [7, 11) is -3.84. The van der Waals surface area contributed by atoms with Crippen molar-refractivity contribution in [2.75, 3.05) is 22.4 Å². The van der Waals surface area contributed by atoms with E-state index in [2.05, 4.69) is 5.32 Å². The largest absolute Gasteiger partial charge is 0.456 e. The number of amides is 1. The van der Waals surface area contributed by atoms with Crippen LogP contribution >= 0.6 is 34.8 Å². The topological polar surface area (TPSA) is 79.6 Å². The van der Waals surface area contributed by atoms with E-state index in [1.165, 1.54) is 12.1 Å². The molecule has 0 spiro atoms. The molecule has 1 heterocycles. The van der Waals surface area contributed by atoms with Gasteiger partial charge in [-0.05, 0) is 30.3 Å². The molecule has 0 atom stereocenters. The predicted octanol–water partition coefficient (Wildman–Crippen LogP) is 5.95. The SMILES string of the molecule is CS(=O)(=O)N(CC(=O)Nc1ccc2c(c1)oc1ccccc12)c1cc(Cl)c(Cl)cc1Cl. The predicted molar refractivity (Wildman–Crippen MR) is 126 cm³/mol. The number of sulfonamides is 1. The Bertz CT molecular complexity index is 1430. The maximum Gasteiger partial charge on any atom is 0.245 e. The molecule has 4 rings (SSSR count). The fourth-order valence-electron chi connectivity index (χ4n) is 3.22. The van der Waals surface area contributed by atoms with E-state index >= 15 is 0 Å². The molecule has 0 aliphatic carbocycles. The highest BCUT2D eigenvalue weighted by molar-refractivity contribution is 7.92. The number of nitrogens with zero attached hydrogens (tertiary/aromatic N) is 1. The van der Waals surface area contributed by atoms with Crippen LogP contribution in [0.15, 0.2) is 59.0 Å². The normalized spacial score (nSPS) is 11.7. The lowest BCUT2D eigenvalue weighted by molar-refractivity contribution is -0.114. The standard InChI is InChI=1S/C21H15Cl3N2O4S/c1-31(28,29)26(18-10-16(23)15(22)9-17(18)24)11-21(27)25-12-6-7-14-13-4-2-3-5-19(13)30-20(14)8-12/h2-10H,11H2,1H3,(H,25,27). The van der Waals surface area contributed by atoms with Gasteiger partial charge >= 0.3 is 0 Å². The van der Waals surface area contributed by atoms with E-state index in [0.717, 1.165) is 26.9 Å². The number of rotatable bonds is 5. The number of carbonyl (C=O) groups is 1. The lowest BCUT2D eigenvalue weighted by Gasteiger charge is -2.23. The number of halogens is 3. The monoisotopic (exact) mass is 496 g/mol. The van der Waals surface area contributed by atoms with Gasteiger partial charge in [0.05, 0.1) is 27.0 Å². The van der Waals surface area contributed by atoms with Crippen LogP contribution < -0.4 is 9.62 Å². The molecule has 3 aromatic carbocycles. The summed E-state index contributed by atoms with van der Waals surface area (Å²) in [5.41, 5.74) is 1.86. The summed E-state index contributed by atoms with van der Waals surface area (Å²) in [6.45, 7) is -0.505. The Hall–Kier alpha value is -2.45. The van der Waals surface area contributed by atoms with Crippen molar-refractivity contribution in [2.24, 2.45) is 0 Å². The summed E-state index contributed by atoms with van der Waals surface area (Å²) in [4.78, 5) is 12.7. The van der Waals surface area contributed by atoms with Crippen LogP contribution in [0.25, 0.3) is 21.9 Å². The Morgan fingerprint density at radius 1 is 0.935 bits per heavy atom. The number of nitrogens with one attached hydrogen (secondary N) is 1. The first-order valence-electron chi connectivity index (χ1n) is 8.97. The van der Waals surface area contributed by atoms with Gasteiger partial charge in [-0.25, -0.2) is 8.42 Å². The quantitative estimate of drug-likeness (QED) is 0.345. The molecule has 1 aromatic heterocycles. The second-order valence-corrected chi connectivity index (χ2v) is 9.97. The number of furan rings is 1. The van der Waals surface area contributed by atoms with Crippen LogP contribution in [0.1, 0.15) is 0 Å². The molecule has 160 valence electrons. The molecule has 1 amide bonds. The zero-order chi connectivity index (χ0) is 22.3. The van der Waals surface area contributed by atoms with Crippen LogP contribution in [0.3, 0.4) is 0 Å². The van der Waals surface area contributed by atoms with Gasteiger partial charge in [0.15, 0.2) is 0 Å². The Labute approximate surface area is 193 Å². The van der Waals surface area contributed by atoms with Crippen LogP contribution in [-0.4, -0.2) is 27.1 Å². The average Bonchev–Trinajstić information content (AvgIpc) is 3.06. The van der Waals surface area contributed by atoms with Crippen molar-refractivity contribution in [3.63, 3.8) is 0 Å². The van der Waals surface area contributed by atoms with Gasteiger partial charge < -0.3 is 9.73 Å². The highest BCUT2D eigenvalue weighted by Gasteiger charge is 2.24. The molecular formula is C21H15Cl3N2O4S. The first-order valence-corrected chi connectivity index (χ1v) is 11.9. The molecule has 0 aliphatic heterocycles. The Morgan fingerprint density at radius 3 is 2.35 bits per heavy atom. The second-order valence-electron chi connectivity index (χ2n) is 6.84. The van der Waals surface area contributed by atoms with E-state index in [1.54, 1.807) is 12.1 Å². The zero-order valence-electron chi connectivity index (χ0n) is 16.0. The third-order valence-corrected chi connectivity index (χ3v) is 6.76. The van der Waals surface area contributed by atoms with Crippen molar-refractivity contribution in [3.05, 3.63) is 69.7 Å². The lowest BCUT2D eigenvalue weighted by atomic mass is 10.1. The van der Waals surface area contributed by atoms with Gasteiger partial charge in [0, 0.05) is 22.5 Å². The van der Waals surface area contributed by atoms with Gasteiger partial charge in [-0.1, -0.05) is 53.0 Å². The van der Waals surface area contributed by atoms with E-state index in [4.69, 9.17) is 39.2 Å². The van der Waals surface area contributed by atoms with Gasteiger partial charge in [0.1, 0.15) is 17.7 Å². The van der Waals surface area contributed by atoms with E-state index < -0.39 is 22.5 Å². The van der Waals surface area contributed by atoms with E-state index in [0.29, 0.717) is 11.3 Å². The van der Waals surface area contributed by atoms with Gasteiger partial charge in [-0.3, -0.25) is 9.10 Å². The first kappa shape index (κ1) is 21.8. The van der Waals surface area contributed by atoms with Crippen molar-refractivity contribution in [3.8, 4) is 0 Å². The van der Waals surface area contributed by atoms with Crippen LogP contribution in [0.5, 0.6) is 0 Å². The van der Waals surface area contributed by atoms with Crippen LogP contribution in [0.4, 0.5) is 11.4 Å². The molecule has 1 N–H and O–H groups in total. The molecule has 10 heteroatoms. The molecule has 31 heavy (non-hydrogen) atoms. The van der Waals surface area contributed by atoms with E-state index in [1.807, 2.05) is 30.3 Å². The van der Waals surface area contributed by atoms with Crippen molar-refractivity contribution in [2.45, 2.75) is 0 Å². The number of carbonyl (C=O) groups excluding carboxylic acids is 1. The minimum absolute atomic E-state index is 0.0521. The average molecular weight is 498 g/mol. The number of anilines is 2. The summed E-state index contributed by atoms with van der Waals surface area (Å²) in [5.74, 6) is -0.567. The van der Waals surface area contributed by atoms with Gasteiger partial charge in [0.2, 0.25) is 15.9 Å². The fourth-order valence-corrected chi connectivity index (χ4v) is 4.77. The van der Waals surface area contributed by atoms with Crippen LogP contribution in [0.2, 0.25) is 15.1 Å². The maximum atomic E-state index is 12.7. The molecule has 0 saturated heterocycles. The minimum atomic E-state index is -3.84. The molecule has 4 aromatic rings. The summed E-state index contributed by atoms with van der Waals surface area (Å²) < 4.78 is 31.4. The molecule has 0 radical (unpaired) electrons. The summed E-state index contributed by atoms with van der Waals surface area (Å²) in [6, 6.07) is 15.5. The molecule has 0 fully saturated rings. The minimum Gasteiger partial charge on any atom is -0.456 e. The Morgan fingerprint density at radius 2 is 1.61 bits per heavy atom. The molecule has 0 saturated carbocycles. The third-order valence-electron chi connectivity index (χ3n) is 4.61. The molecule has 0 aliphatic rings. The second kappa shape index (κ2) is 8.24. The van der Waals surface area contributed by atoms with Gasteiger partial charge in [-0.15, -0.1) is 0 Å². The summed E-state index contributed by atoms with van der Waals surface area (Å²) in [5, 5.41) is 4.91. The van der Waals surface area contributed by atoms with Crippen LogP contribution in [-0.2, 0) is 14.8 Å². The molecular weight excluding hydrogens is 483 g/mol. The number of fused-ring (bicyclic) bond motifs is 3. The Kier molecular flexibility index (Phi) is 5.79. The van der Waals surface area contributed by atoms with Crippen molar-refractivity contribution < 1.29 is 17.6 Å². The highest BCUT2D eigenvalue weighted by atomic mass is 35.5. The lowest BCUT2D eigenvalue weighted by Crippen LogP contribution is -2.37. The van der Waals surface area contributed by atoms with Crippen molar-refractivity contribution in [1.29, 1.82) is 0 Å². The molecule has 0 bridgehead atoms. The number of benzene rings is 3. The maximum absolute atomic E-state index is 12.7. The van der Waals surface area contributed by atoms with E-state index in [-0.39, 0.29) is 20.8 Å². The van der Waals surface area contributed by atoms with Crippen LogP contribution in [0, 0.1) is 0 Å². The van der Waals surface area contributed by atoms with Crippen molar-refractivity contribution >= 4 is 84.0 Å². The number of para-hydroxylation sites is 1. The summed E-state index contributed by atoms with van der Waals surface area (Å²) >= 11 is 18.1.